The number of nitrogens with zero attached hydrogens (tertiary/aromatic N) is 4. The quantitative estimate of drug-likeness (QED) is 0.726. The van der Waals surface area contributed by atoms with Gasteiger partial charge in [-0.25, -0.2) is 8.42 Å². The number of hydrogen-bond donors (Lipinski definition) is 1. The van der Waals surface area contributed by atoms with Crippen molar-refractivity contribution in [3.63, 3.8) is 0 Å². The van der Waals surface area contributed by atoms with Crippen molar-refractivity contribution in [3.05, 3.63) is 17.6 Å². The summed E-state index contributed by atoms with van der Waals surface area (Å²) in [5.41, 5.74) is 0.690. The van der Waals surface area contributed by atoms with Gasteiger partial charge in [0.1, 0.15) is 5.82 Å². The third kappa shape index (κ3) is 4.60. The first-order chi connectivity index (χ1) is 11.8. The van der Waals surface area contributed by atoms with Crippen LogP contribution in [0, 0.1) is 12.8 Å². The molecule has 0 aromatic carbocycles. The maximum absolute atomic E-state index is 11.9. The molecule has 11 heteroatoms. The van der Waals surface area contributed by atoms with Gasteiger partial charge >= 0.3 is 0 Å². The second-order valence-electron chi connectivity index (χ2n) is 6.10. The van der Waals surface area contributed by atoms with Crippen LogP contribution >= 0.6 is 11.8 Å². The molecule has 1 amide bonds. The molecule has 25 heavy (non-hydrogen) atoms. The number of thioether (sulfide) groups is 1. The Labute approximate surface area is 149 Å². The van der Waals surface area contributed by atoms with Gasteiger partial charge in [0.05, 0.1) is 23.0 Å². The average Bonchev–Trinajstić information content (AvgIpc) is 3.19. The lowest BCUT2D eigenvalue weighted by atomic mass is 10.1. The Balaban J connectivity index is 1.53. The first-order valence-corrected chi connectivity index (χ1v) is 10.6. The van der Waals surface area contributed by atoms with Crippen molar-refractivity contribution in [3.8, 4) is 0 Å². The van der Waals surface area contributed by atoms with E-state index in [1.54, 1.807) is 13.0 Å². The van der Waals surface area contributed by atoms with Crippen LogP contribution in [0.25, 0.3) is 0 Å². The summed E-state index contributed by atoms with van der Waals surface area (Å²) in [4.78, 5) is 11.9. The van der Waals surface area contributed by atoms with Crippen LogP contribution in [0.1, 0.15) is 17.9 Å². The number of carbonyl (C=O) groups is 1. The second-order valence-corrected chi connectivity index (χ2v) is 9.27. The monoisotopic (exact) mass is 385 g/mol. The zero-order valence-corrected chi connectivity index (χ0v) is 15.6. The van der Waals surface area contributed by atoms with E-state index in [1.165, 1.54) is 11.8 Å². The molecule has 9 nitrogen and oxygen atoms in total. The standard InChI is InChI=1S/C14H19N5O4S2/c1-9-5-13(23-18-9)15-12(20)7-24-14-17-16-11(19(14)2)6-10-3-4-25(21,22)8-10/h5,10H,3-4,6-8H2,1-2H3,(H,15,20). The Morgan fingerprint density at radius 3 is 2.92 bits per heavy atom. The topological polar surface area (TPSA) is 120 Å². The van der Waals surface area contributed by atoms with Gasteiger partial charge in [0.15, 0.2) is 15.0 Å². The van der Waals surface area contributed by atoms with Crippen LogP contribution in [0.5, 0.6) is 0 Å². The molecule has 0 aliphatic carbocycles. The zero-order valence-electron chi connectivity index (χ0n) is 13.9. The minimum Gasteiger partial charge on any atom is -0.338 e. The SMILES string of the molecule is Cc1cc(NC(=O)CSc2nnc(CC3CCS(=O)(=O)C3)n2C)on1. The molecule has 0 radical (unpaired) electrons. The summed E-state index contributed by atoms with van der Waals surface area (Å²) in [6, 6.07) is 1.64. The molecule has 3 heterocycles. The van der Waals surface area contributed by atoms with Crippen LogP contribution in [0.3, 0.4) is 0 Å². The summed E-state index contributed by atoms with van der Waals surface area (Å²) in [7, 11) is -1.08. The lowest BCUT2D eigenvalue weighted by Crippen LogP contribution is -2.14. The van der Waals surface area contributed by atoms with E-state index in [0.717, 1.165) is 5.82 Å². The van der Waals surface area contributed by atoms with Crippen molar-refractivity contribution in [1.82, 2.24) is 19.9 Å². The predicted octanol–water partition coefficient (Wildman–Crippen LogP) is 0.820. The van der Waals surface area contributed by atoms with Crippen molar-refractivity contribution in [2.75, 3.05) is 22.6 Å². The number of aromatic nitrogens is 4. The van der Waals surface area contributed by atoms with E-state index in [4.69, 9.17) is 4.52 Å². The highest BCUT2D eigenvalue weighted by atomic mass is 32.2. The number of sulfone groups is 1. The van der Waals surface area contributed by atoms with Gasteiger partial charge in [-0.15, -0.1) is 10.2 Å². The molecular weight excluding hydrogens is 366 g/mol. The van der Waals surface area contributed by atoms with Crippen LogP contribution in [0.2, 0.25) is 0 Å². The Kier molecular flexibility index (Phi) is 5.13. The number of carbonyl (C=O) groups excluding carboxylic acids is 1. The summed E-state index contributed by atoms with van der Waals surface area (Å²) in [5.74, 6) is 1.51. The minimum atomic E-state index is -2.90. The Morgan fingerprint density at radius 2 is 2.28 bits per heavy atom. The fourth-order valence-electron chi connectivity index (χ4n) is 2.67. The summed E-state index contributed by atoms with van der Waals surface area (Å²) >= 11 is 1.26. The van der Waals surface area contributed by atoms with E-state index in [1.807, 2.05) is 11.6 Å². The van der Waals surface area contributed by atoms with Gasteiger partial charge in [-0.05, 0) is 19.3 Å². The van der Waals surface area contributed by atoms with E-state index in [-0.39, 0.29) is 29.1 Å². The van der Waals surface area contributed by atoms with E-state index in [0.29, 0.717) is 29.6 Å². The molecule has 2 aromatic heterocycles. The predicted molar refractivity (Wildman–Crippen MR) is 92.1 cm³/mol. The van der Waals surface area contributed by atoms with E-state index in [2.05, 4.69) is 20.7 Å². The van der Waals surface area contributed by atoms with Gasteiger partial charge in [-0.3, -0.25) is 10.1 Å². The first kappa shape index (κ1) is 17.9. The lowest BCUT2D eigenvalue weighted by molar-refractivity contribution is -0.113. The molecule has 1 fully saturated rings. The number of amides is 1. The maximum atomic E-state index is 11.9. The van der Waals surface area contributed by atoms with E-state index in [9.17, 15) is 13.2 Å². The third-order valence-electron chi connectivity index (χ3n) is 3.95. The molecule has 1 unspecified atom stereocenters. The van der Waals surface area contributed by atoms with E-state index < -0.39 is 9.84 Å². The fraction of sp³-hybridized carbons (Fsp3) is 0.571. The van der Waals surface area contributed by atoms with Crippen molar-refractivity contribution in [2.45, 2.75) is 24.9 Å². The van der Waals surface area contributed by atoms with Crippen molar-refractivity contribution in [2.24, 2.45) is 13.0 Å². The molecular formula is C14H19N5O4S2. The third-order valence-corrected chi connectivity index (χ3v) is 6.80. The smallest absolute Gasteiger partial charge is 0.237 e. The van der Waals surface area contributed by atoms with Crippen LogP contribution in [-0.4, -0.2) is 51.5 Å². The first-order valence-electron chi connectivity index (χ1n) is 7.77. The number of anilines is 1. The number of aryl methyl sites for hydroxylation is 1. The minimum absolute atomic E-state index is 0.0868. The molecule has 1 aliphatic heterocycles. The second kappa shape index (κ2) is 7.16. The van der Waals surface area contributed by atoms with Gasteiger partial charge in [-0.1, -0.05) is 16.9 Å². The van der Waals surface area contributed by atoms with E-state index >= 15 is 0 Å². The number of nitrogens with one attached hydrogen (secondary N) is 1. The summed E-state index contributed by atoms with van der Waals surface area (Å²) in [5, 5.41) is 15.1. The zero-order chi connectivity index (χ0) is 18.0. The summed E-state index contributed by atoms with van der Waals surface area (Å²) < 4.78 is 29.8. The van der Waals surface area contributed by atoms with Crippen LogP contribution in [-0.2, 0) is 28.1 Å². The number of rotatable bonds is 6. The molecule has 1 N–H and O–H groups in total. The van der Waals surface area contributed by atoms with Crippen molar-refractivity contribution < 1.29 is 17.7 Å². The lowest BCUT2D eigenvalue weighted by Gasteiger charge is -2.07. The molecule has 136 valence electrons. The Bertz CT molecular complexity index is 874. The largest absolute Gasteiger partial charge is 0.338 e. The van der Waals surface area contributed by atoms with Crippen LogP contribution in [0.4, 0.5) is 5.88 Å². The van der Waals surface area contributed by atoms with Crippen molar-refractivity contribution >= 4 is 33.4 Å². The highest BCUT2D eigenvalue weighted by Gasteiger charge is 2.29. The molecule has 0 saturated carbocycles. The highest BCUT2D eigenvalue weighted by Crippen LogP contribution is 2.23. The fourth-order valence-corrected chi connectivity index (χ4v) is 5.26. The van der Waals surface area contributed by atoms with Crippen LogP contribution in [0.15, 0.2) is 15.7 Å². The van der Waals surface area contributed by atoms with Gasteiger partial charge in [0.25, 0.3) is 0 Å². The normalized spacial score (nSPS) is 19.2. The van der Waals surface area contributed by atoms with Crippen LogP contribution < -0.4 is 5.32 Å². The molecule has 1 atom stereocenters. The van der Waals surface area contributed by atoms with Crippen molar-refractivity contribution in [1.29, 1.82) is 0 Å². The maximum Gasteiger partial charge on any atom is 0.237 e. The molecule has 1 saturated heterocycles. The molecule has 3 rings (SSSR count). The van der Waals surface area contributed by atoms with Gasteiger partial charge < -0.3 is 9.09 Å². The molecule has 0 spiro atoms. The molecule has 1 aliphatic rings. The Morgan fingerprint density at radius 1 is 1.48 bits per heavy atom. The Hall–Kier alpha value is -1.88. The summed E-state index contributed by atoms with van der Waals surface area (Å²) in [6.07, 6.45) is 1.24. The van der Waals surface area contributed by atoms with Gasteiger partial charge in [0.2, 0.25) is 11.8 Å². The average molecular weight is 385 g/mol. The van der Waals surface area contributed by atoms with Gasteiger partial charge in [0, 0.05) is 19.5 Å². The van der Waals surface area contributed by atoms with Gasteiger partial charge in [-0.2, -0.15) is 0 Å². The highest BCUT2D eigenvalue weighted by molar-refractivity contribution is 7.99. The molecule has 0 bridgehead atoms. The molecule has 2 aromatic rings. The summed E-state index contributed by atoms with van der Waals surface area (Å²) in [6.45, 7) is 1.77. The number of hydrogen-bond acceptors (Lipinski definition) is 8.